The number of rotatable bonds is 3. The van der Waals surface area contributed by atoms with Gasteiger partial charge in [-0.1, -0.05) is 23.7 Å². The molecule has 0 bridgehead atoms. The Hall–Kier alpha value is -2.14. The summed E-state index contributed by atoms with van der Waals surface area (Å²) >= 11 is 6.00. The fourth-order valence-corrected chi connectivity index (χ4v) is 1.62. The van der Waals surface area contributed by atoms with E-state index in [2.05, 4.69) is 20.5 Å². The topological polar surface area (TPSA) is 70.7 Å². The minimum absolute atomic E-state index is 0.258. The van der Waals surface area contributed by atoms with Gasteiger partial charge in [0.25, 0.3) is 5.91 Å². The molecule has 0 unspecified atom stereocenters. The molecule has 0 aliphatic heterocycles. The van der Waals surface area contributed by atoms with Crippen LogP contribution in [0.3, 0.4) is 0 Å². The molecule has 0 radical (unpaired) electrons. The molecular weight excluding hydrogens is 264 g/mol. The predicted molar refractivity (Wildman–Crippen MR) is 75.0 cm³/mol. The number of aromatic nitrogens is 3. The molecule has 1 aromatic carbocycles. The van der Waals surface area contributed by atoms with Gasteiger partial charge in [-0.05, 0) is 37.1 Å². The van der Waals surface area contributed by atoms with Crippen LogP contribution in [0.1, 0.15) is 17.0 Å². The number of hydrogen-bond acceptors (Lipinski definition) is 3. The van der Waals surface area contributed by atoms with Crippen molar-refractivity contribution in [3.05, 3.63) is 46.2 Å². The zero-order valence-corrected chi connectivity index (χ0v) is 11.3. The number of halogens is 1. The first-order valence-electron chi connectivity index (χ1n) is 5.69. The second-order valence-corrected chi connectivity index (χ2v) is 4.48. The number of anilines is 1. The van der Waals surface area contributed by atoms with Gasteiger partial charge in [0, 0.05) is 11.1 Å². The van der Waals surface area contributed by atoms with Crippen LogP contribution >= 0.6 is 11.6 Å². The predicted octanol–water partition coefficient (Wildman–Crippen LogP) is 2.73. The molecule has 5 nitrogen and oxygen atoms in total. The molecule has 1 amide bonds. The van der Waals surface area contributed by atoms with Crippen LogP contribution in [0, 0.1) is 13.8 Å². The minimum Gasteiger partial charge on any atom is -0.290 e. The summed E-state index contributed by atoms with van der Waals surface area (Å²) in [5.41, 5.74) is 1.86. The number of aryl methyl sites for hydroxylation is 2. The SMILES string of the molecule is Cc1nc(NC(=O)/C=C/c2ccc(C)c(Cl)c2)n[nH]1. The molecule has 0 aliphatic rings. The number of amides is 1. The standard InChI is InChI=1S/C13H13ClN4O/c1-8-3-4-10(7-11(8)14)5-6-12(19)16-13-15-9(2)17-18-13/h3-7H,1-2H3,(H2,15,16,17,18,19)/b6-5+. The summed E-state index contributed by atoms with van der Waals surface area (Å²) < 4.78 is 0. The first kappa shape index (κ1) is 13.3. The molecule has 0 atom stereocenters. The second kappa shape index (κ2) is 5.67. The molecule has 0 saturated carbocycles. The van der Waals surface area contributed by atoms with E-state index in [1.54, 1.807) is 19.1 Å². The molecule has 2 N–H and O–H groups in total. The molecule has 1 heterocycles. The number of nitrogens with zero attached hydrogens (tertiary/aromatic N) is 2. The number of aromatic amines is 1. The first-order valence-corrected chi connectivity index (χ1v) is 6.06. The molecule has 98 valence electrons. The number of benzene rings is 1. The second-order valence-electron chi connectivity index (χ2n) is 4.08. The maximum Gasteiger partial charge on any atom is 0.250 e. The highest BCUT2D eigenvalue weighted by Gasteiger charge is 2.02. The summed E-state index contributed by atoms with van der Waals surface area (Å²) in [5.74, 6) is 0.606. The van der Waals surface area contributed by atoms with Crippen LogP contribution in [0.4, 0.5) is 5.95 Å². The van der Waals surface area contributed by atoms with Crippen molar-refractivity contribution in [2.24, 2.45) is 0 Å². The lowest BCUT2D eigenvalue weighted by molar-refractivity contribution is -0.111. The molecule has 0 saturated heterocycles. The third-order valence-electron chi connectivity index (χ3n) is 2.46. The Balaban J connectivity index is 2.01. The van der Waals surface area contributed by atoms with Crippen molar-refractivity contribution in [3.63, 3.8) is 0 Å². The summed E-state index contributed by atoms with van der Waals surface area (Å²) in [7, 11) is 0. The van der Waals surface area contributed by atoms with Gasteiger partial charge in [0.15, 0.2) is 0 Å². The fourth-order valence-electron chi connectivity index (χ4n) is 1.44. The Kier molecular flexibility index (Phi) is 3.97. The van der Waals surface area contributed by atoms with Gasteiger partial charge in [-0.15, -0.1) is 5.10 Å². The largest absolute Gasteiger partial charge is 0.290 e. The number of carbonyl (C=O) groups is 1. The monoisotopic (exact) mass is 276 g/mol. The lowest BCUT2D eigenvalue weighted by Crippen LogP contribution is -2.09. The van der Waals surface area contributed by atoms with Gasteiger partial charge in [-0.3, -0.25) is 15.2 Å². The highest BCUT2D eigenvalue weighted by atomic mass is 35.5. The molecule has 6 heteroatoms. The van der Waals surface area contributed by atoms with E-state index in [1.165, 1.54) is 6.08 Å². The van der Waals surface area contributed by atoms with E-state index in [0.717, 1.165) is 11.1 Å². The van der Waals surface area contributed by atoms with Crippen molar-refractivity contribution in [2.75, 3.05) is 5.32 Å². The fraction of sp³-hybridized carbons (Fsp3) is 0.154. The van der Waals surface area contributed by atoms with Gasteiger partial charge in [0.2, 0.25) is 5.95 Å². The third-order valence-corrected chi connectivity index (χ3v) is 2.86. The van der Waals surface area contributed by atoms with Crippen molar-refractivity contribution in [1.82, 2.24) is 15.2 Å². The molecule has 1 aromatic heterocycles. The summed E-state index contributed by atoms with van der Waals surface area (Å²) in [5, 5.41) is 9.68. The Morgan fingerprint density at radius 1 is 1.42 bits per heavy atom. The molecule has 0 fully saturated rings. The van der Waals surface area contributed by atoms with Gasteiger partial charge >= 0.3 is 0 Å². The van der Waals surface area contributed by atoms with Crippen molar-refractivity contribution in [3.8, 4) is 0 Å². The number of hydrogen-bond donors (Lipinski definition) is 2. The van der Waals surface area contributed by atoms with E-state index in [9.17, 15) is 4.79 Å². The van der Waals surface area contributed by atoms with E-state index in [4.69, 9.17) is 11.6 Å². The van der Waals surface area contributed by atoms with Crippen molar-refractivity contribution >= 4 is 29.5 Å². The molecule has 0 aliphatic carbocycles. The van der Waals surface area contributed by atoms with E-state index >= 15 is 0 Å². The lowest BCUT2D eigenvalue weighted by Gasteiger charge is -1.99. The van der Waals surface area contributed by atoms with Crippen LogP contribution in [0.5, 0.6) is 0 Å². The third kappa shape index (κ3) is 3.66. The molecule has 0 spiro atoms. The molecule has 2 rings (SSSR count). The van der Waals surface area contributed by atoms with Crippen LogP contribution in [-0.4, -0.2) is 21.1 Å². The summed E-state index contributed by atoms with van der Waals surface area (Å²) in [6.45, 7) is 3.68. The zero-order chi connectivity index (χ0) is 13.8. The van der Waals surface area contributed by atoms with E-state index in [1.807, 2.05) is 19.1 Å². The van der Waals surface area contributed by atoms with Crippen LogP contribution in [0.15, 0.2) is 24.3 Å². The van der Waals surface area contributed by atoms with Gasteiger partial charge < -0.3 is 0 Å². The summed E-state index contributed by atoms with van der Waals surface area (Å²) in [6, 6.07) is 5.60. The summed E-state index contributed by atoms with van der Waals surface area (Å²) in [4.78, 5) is 15.6. The average Bonchev–Trinajstić information content (AvgIpc) is 2.76. The smallest absolute Gasteiger partial charge is 0.250 e. The Morgan fingerprint density at radius 3 is 2.84 bits per heavy atom. The van der Waals surface area contributed by atoms with Crippen molar-refractivity contribution < 1.29 is 4.79 Å². The number of carbonyl (C=O) groups excluding carboxylic acids is 1. The van der Waals surface area contributed by atoms with Gasteiger partial charge in [0.1, 0.15) is 5.82 Å². The molecule has 19 heavy (non-hydrogen) atoms. The first-order chi connectivity index (χ1) is 9.04. The number of nitrogens with one attached hydrogen (secondary N) is 2. The van der Waals surface area contributed by atoms with Crippen molar-refractivity contribution in [2.45, 2.75) is 13.8 Å². The van der Waals surface area contributed by atoms with E-state index in [-0.39, 0.29) is 11.9 Å². The normalized spacial score (nSPS) is 10.9. The minimum atomic E-state index is -0.296. The lowest BCUT2D eigenvalue weighted by atomic mass is 10.1. The quantitative estimate of drug-likeness (QED) is 0.847. The van der Waals surface area contributed by atoms with Crippen LogP contribution in [0.2, 0.25) is 5.02 Å². The van der Waals surface area contributed by atoms with Crippen molar-refractivity contribution in [1.29, 1.82) is 0 Å². The van der Waals surface area contributed by atoms with Gasteiger partial charge in [-0.25, -0.2) is 0 Å². The average molecular weight is 277 g/mol. The highest BCUT2D eigenvalue weighted by Crippen LogP contribution is 2.17. The van der Waals surface area contributed by atoms with Gasteiger partial charge in [-0.2, -0.15) is 4.98 Å². The summed E-state index contributed by atoms with van der Waals surface area (Å²) in [6.07, 6.45) is 3.09. The van der Waals surface area contributed by atoms with Crippen LogP contribution < -0.4 is 5.32 Å². The van der Waals surface area contributed by atoms with Crippen LogP contribution in [-0.2, 0) is 4.79 Å². The maximum atomic E-state index is 11.6. The Bertz CT molecular complexity index is 633. The van der Waals surface area contributed by atoms with Gasteiger partial charge in [0.05, 0.1) is 0 Å². The van der Waals surface area contributed by atoms with E-state index in [0.29, 0.717) is 10.8 Å². The molecule has 2 aromatic rings. The maximum absolute atomic E-state index is 11.6. The Labute approximate surface area is 115 Å². The van der Waals surface area contributed by atoms with Crippen LogP contribution in [0.25, 0.3) is 6.08 Å². The number of H-pyrrole nitrogens is 1. The zero-order valence-electron chi connectivity index (χ0n) is 10.6. The van der Waals surface area contributed by atoms with E-state index < -0.39 is 0 Å². The highest BCUT2D eigenvalue weighted by molar-refractivity contribution is 6.31. The Morgan fingerprint density at radius 2 is 2.21 bits per heavy atom. The molecular formula is C13H13ClN4O.